The Labute approximate surface area is 143 Å². The van der Waals surface area contributed by atoms with Crippen LogP contribution in [0, 0.1) is 5.92 Å². The van der Waals surface area contributed by atoms with E-state index in [1.807, 2.05) is 12.1 Å². The molecule has 0 radical (unpaired) electrons. The van der Waals surface area contributed by atoms with Crippen molar-refractivity contribution < 1.29 is 14.6 Å². The summed E-state index contributed by atoms with van der Waals surface area (Å²) < 4.78 is 12.0. The Morgan fingerprint density at radius 2 is 2.33 bits per heavy atom. The molecule has 1 spiro atoms. The van der Waals surface area contributed by atoms with Crippen molar-refractivity contribution in [3.8, 4) is 11.5 Å². The van der Waals surface area contributed by atoms with E-state index in [2.05, 4.69) is 17.5 Å². The first-order valence-corrected chi connectivity index (χ1v) is 9.10. The van der Waals surface area contributed by atoms with Crippen molar-refractivity contribution in [2.45, 2.75) is 49.3 Å². The Bertz CT molecular complexity index is 702. The molecule has 1 aromatic rings. The minimum absolute atomic E-state index is 0.0303. The van der Waals surface area contributed by atoms with Gasteiger partial charge >= 0.3 is 0 Å². The summed E-state index contributed by atoms with van der Waals surface area (Å²) in [4.78, 5) is 2.59. The number of methoxy groups -OCH3 is 1. The highest BCUT2D eigenvalue weighted by Gasteiger charge is 2.65. The second-order valence-electron chi connectivity index (χ2n) is 7.77. The standard InChI is InChI=1S/C20H25NO3/c1-3-9-21-10-8-20-13-5-6-15(22)19(20)24-18-16(23-2)7-4-12(17(18)20)11-14(13)21/h3-4,7,13-15,19,22H,1,5-6,8-11H2,2H3/t13?,14?,15?,19?,20-/m1/s1. The summed E-state index contributed by atoms with van der Waals surface area (Å²) in [5.41, 5.74) is 2.71. The average molecular weight is 327 g/mol. The maximum Gasteiger partial charge on any atom is 0.165 e. The van der Waals surface area contributed by atoms with Crippen LogP contribution in [-0.4, -0.2) is 48.5 Å². The lowest BCUT2D eigenvalue weighted by Crippen LogP contribution is -2.66. The molecular formula is C20H25NO3. The van der Waals surface area contributed by atoms with Crippen molar-refractivity contribution in [1.82, 2.24) is 4.90 Å². The minimum Gasteiger partial charge on any atom is -0.493 e. The van der Waals surface area contributed by atoms with Crippen molar-refractivity contribution in [2.24, 2.45) is 5.92 Å². The molecule has 1 saturated carbocycles. The van der Waals surface area contributed by atoms with Gasteiger partial charge in [-0.25, -0.2) is 0 Å². The number of likely N-dealkylation sites (tertiary alicyclic amines) is 1. The van der Waals surface area contributed by atoms with Gasteiger partial charge in [0.1, 0.15) is 6.10 Å². The molecular weight excluding hydrogens is 302 g/mol. The zero-order chi connectivity index (χ0) is 16.5. The third kappa shape index (κ3) is 1.61. The van der Waals surface area contributed by atoms with E-state index in [-0.39, 0.29) is 17.6 Å². The molecule has 2 heterocycles. The van der Waals surface area contributed by atoms with E-state index in [0.717, 1.165) is 50.3 Å². The number of benzene rings is 1. The van der Waals surface area contributed by atoms with Crippen molar-refractivity contribution in [2.75, 3.05) is 20.2 Å². The zero-order valence-electron chi connectivity index (χ0n) is 14.2. The lowest BCUT2D eigenvalue weighted by atomic mass is 9.51. The summed E-state index contributed by atoms with van der Waals surface area (Å²) in [5.74, 6) is 2.28. The van der Waals surface area contributed by atoms with Crippen LogP contribution in [-0.2, 0) is 11.8 Å². The van der Waals surface area contributed by atoms with Crippen molar-refractivity contribution in [3.05, 3.63) is 35.9 Å². The van der Waals surface area contributed by atoms with Crippen LogP contribution in [0.4, 0.5) is 0 Å². The van der Waals surface area contributed by atoms with Crippen LogP contribution in [0.1, 0.15) is 30.4 Å². The first kappa shape index (κ1) is 14.8. The average Bonchev–Trinajstić information content (AvgIpc) is 2.94. The second kappa shape index (κ2) is 4.99. The Hall–Kier alpha value is -1.52. The molecule has 0 amide bonds. The van der Waals surface area contributed by atoms with Gasteiger partial charge in [-0.2, -0.15) is 0 Å². The molecule has 0 aromatic heterocycles. The summed E-state index contributed by atoms with van der Waals surface area (Å²) in [7, 11) is 1.70. The third-order valence-electron chi connectivity index (χ3n) is 6.97. The fourth-order valence-corrected chi connectivity index (χ4v) is 6.14. The lowest BCUT2D eigenvalue weighted by Gasteiger charge is -2.59. The topological polar surface area (TPSA) is 41.9 Å². The summed E-state index contributed by atoms with van der Waals surface area (Å²) >= 11 is 0. The molecule has 1 aromatic carbocycles. The van der Waals surface area contributed by atoms with E-state index >= 15 is 0 Å². The number of aliphatic hydroxyl groups is 1. The fourth-order valence-electron chi connectivity index (χ4n) is 6.14. The summed E-state index contributed by atoms with van der Waals surface area (Å²) in [6, 6.07) is 4.78. The summed E-state index contributed by atoms with van der Waals surface area (Å²) in [6.07, 6.45) is 5.56. The minimum atomic E-state index is -0.379. The van der Waals surface area contributed by atoms with Crippen molar-refractivity contribution in [3.63, 3.8) is 0 Å². The van der Waals surface area contributed by atoms with E-state index in [4.69, 9.17) is 9.47 Å². The highest BCUT2D eigenvalue weighted by molar-refractivity contribution is 5.61. The first-order chi connectivity index (χ1) is 11.7. The quantitative estimate of drug-likeness (QED) is 0.865. The Balaban J connectivity index is 1.72. The maximum atomic E-state index is 10.7. The van der Waals surface area contributed by atoms with Crippen LogP contribution in [0.15, 0.2) is 24.8 Å². The summed E-state index contributed by atoms with van der Waals surface area (Å²) in [5, 5.41) is 10.7. The molecule has 5 rings (SSSR count). The van der Waals surface area contributed by atoms with Gasteiger partial charge in [0.25, 0.3) is 0 Å². The number of nitrogens with zero attached hydrogens (tertiary/aromatic N) is 1. The molecule has 2 aliphatic heterocycles. The summed E-state index contributed by atoms with van der Waals surface area (Å²) in [6.45, 7) is 5.94. The first-order valence-electron chi connectivity index (χ1n) is 9.10. The van der Waals surface area contributed by atoms with E-state index < -0.39 is 0 Å². The molecule has 4 heteroatoms. The third-order valence-corrected chi connectivity index (χ3v) is 6.97. The Kier molecular flexibility index (Phi) is 3.08. The van der Waals surface area contributed by atoms with Gasteiger partial charge in [-0.1, -0.05) is 12.1 Å². The van der Waals surface area contributed by atoms with Gasteiger partial charge in [-0.05, 0) is 49.8 Å². The van der Waals surface area contributed by atoms with E-state index in [9.17, 15) is 5.11 Å². The van der Waals surface area contributed by atoms with E-state index in [0.29, 0.717) is 12.0 Å². The van der Waals surface area contributed by atoms with Crippen LogP contribution in [0.5, 0.6) is 11.5 Å². The molecule has 1 saturated heterocycles. The number of rotatable bonds is 3. The molecule has 2 aliphatic carbocycles. The second-order valence-corrected chi connectivity index (χ2v) is 7.77. The van der Waals surface area contributed by atoms with Gasteiger partial charge in [0.05, 0.1) is 13.2 Å². The van der Waals surface area contributed by atoms with Gasteiger partial charge < -0.3 is 14.6 Å². The van der Waals surface area contributed by atoms with Gasteiger partial charge in [-0.3, -0.25) is 4.90 Å². The molecule has 2 fully saturated rings. The van der Waals surface area contributed by atoms with Gasteiger partial charge in [0.15, 0.2) is 11.5 Å². The number of hydrogen-bond acceptors (Lipinski definition) is 4. The zero-order valence-corrected chi connectivity index (χ0v) is 14.2. The van der Waals surface area contributed by atoms with Crippen LogP contribution in [0.25, 0.3) is 0 Å². The molecule has 5 atom stereocenters. The monoisotopic (exact) mass is 327 g/mol. The van der Waals surface area contributed by atoms with Crippen LogP contribution in [0.2, 0.25) is 0 Å². The maximum absolute atomic E-state index is 10.7. The molecule has 4 nitrogen and oxygen atoms in total. The van der Waals surface area contributed by atoms with Crippen molar-refractivity contribution in [1.29, 1.82) is 0 Å². The normalized spacial score (nSPS) is 39.1. The lowest BCUT2D eigenvalue weighted by molar-refractivity contribution is -0.102. The number of hydrogen-bond donors (Lipinski definition) is 1. The van der Waals surface area contributed by atoms with Crippen LogP contribution >= 0.6 is 0 Å². The highest BCUT2D eigenvalue weighted by atomic mass is 16.5. The number of piperidine rings is 1. The van der Waals surface area contributed by atoms with Crippen molar-refractivity contribution >= 4 is 0 Å². The number of aliphatic hydroxyl groups excluding tert-OH is 1. The molecule has 128 valence electrons. The van der Waals surface area contributed by atoms with Crippen LogP contribution in [0.3, 0.4) is 0 Å². The molecule has 4 unspecified atom stereocenters. The number of ether oxygens (including phenoxy) is 2. The largest absolute Gasteiger partial charge is 0.493 e. The SMILES string of the molecule is C=CCN1CC[C@@]23c4c5ccc(OC)c4OC2C(O)CCC3C1C5. The fraction of sp³-hybridized carbons (Fsp3) is 0.600. The predicted molar refractivity (Wildman–Crippen MR) is 91.7 cm³/mol. The van der Waals surface area contributed by atoms with Crippen LogP contribution < -0.4 is 9.47 Å². The molecule has 4 aliphatic rings. The Morgan fingerprint density at radius 1 is 1.46 bits per heavy atom. The molecule has 2 bridgehead atoms. The highest BCUT2D eigenvalue weighted by Crippen LogP contribution is 2.63. The molecule has 24 heavy (non-hydrogen) atoms. The van der Waals surface area contributed by atoms with E-state index in [1.165, 1.54) is 11.1 Å². The van der Waals surface area contributed by atoms with E-state index in [1.54, 1.807) is 7.11 Å². The van der Waals surface area contributed by atoms with Gasteiger partial charge in [0.2, 0.25) is 0 Å². The molecule has 1 N–H and O–H groups in total. The smallest absolute Gasteiger partial charge is 0.165 e. The Morgan fingerprint density at radius 3 is 3.12 bits per heavy atom. The van der Waals surface area contributed by atoms with Gasteiger partial charge in [-0.15, -0.1) is 6.58 Å². The predicted octanol–water partition coefficient (Wildman–Crippen LogP) is 2.28. The van der Waals surface area contributed by atoms with Gasteiger partial charge in [0, 0.05) is 23.6 Å².